The van der Waals surface area contributed by atoms with E-state index in [4.69, 9.17) is 0 Å². The molecular formula is C13H16BN3O. The molecule has 18 heavy (non-hydrogen) atoms. The van der Waals surface area contributed by atoms with E-state index in [-0.39, 0.29) is 7.05 Å². The lowest BCUT2D eigenvalue weighted by molar-refractivity contribution is 0.347. The molecule has 0 aliphatic carbocycles. The van der Waals surface area contributed by atoms with Gasteiger partial charge in [0.2, 0.25) is 0 Å². The zero-order chi connectivity index (χ0) is 12.5. The topological polar surface area (TPSA) is 48.2 Å². The van der Waals surface area contributed by atoms with Gasteiger partial charge in [-0.3, -0.25) is 0 Å². The molecule has 1 aromatic carbocycles. The highest BCUT2D eigenvalue weighted by atomic mass is 16.2. The first kappa shape index (κ1) is 11.6. The molecule has 92 valence electrons. The van der Waals surface area contributed by atoms with Crippen LogP contribution >= 0.6 is 0 Å². The normalized spacial score (nSPS) is 18.7. The number of benzene rings is 1. The van der Waals surface area contributed by atoms with Crippen LogP contribution in [0.5, 0.6) is 0 Å². The maximum absolute atomic E-state index is 9.66. The van der Waals surface area contributed by atoms with E-state index < -0.39 is 0 Å². The summed E-state index contributed by atoms with van der Waals surface area (Å²) in [6.07, 6.45) is 3.04. The van der Waals surface area contributed by atoms with Crippen LogP contribution in [0, 0.1) is 0 Å². The number of hydrogen-bond acceptors (Lipinski definition) is 4. The summed E-state index contributed by atoms with van der Waals surface area (Å²) < 4.78 is 0. The van der Waals surface area contributed by atoms with Crippen molar-refractivity contribution in [2.24, 2.45) is 10.2 Å². The van der Waals surface area contributed by atoms with Crippen molar-refractivity contribution in [3.63, 3.8) is 0 Å². The average Bonchev–Trinajstić information content (AvgIpc) is 2.91. The van der Waals surface area contributed by atoms with Gasteiger partial charge in [0.1, 0.15) is 0 Å². The summed E-state index contributed by atoms with van der Waals surface area (Å²) in [5.41, 5.74) is 4.77. The van der Waals surface area contributed by atoms with Gasteiger partial charge in [-0.2, -0.15) is 10.2 Å². The molecule has 2 aliphatic rings. The smallest absolute Gasteiger partial charge is 0.376 e. The van der Waals surface area contributed by atoms with E-state index >= 15 is 0 Å². The molecule has 1 N–H and O–H groups in total. The first-order valence-corrected chi connectivity index (χ1v) is 6.36. The fraction of sp³-hybridized carbons (Fsp3) is 0.385. The monoisotopic (exact) mass is 241 g/mol. The van der Waals surface area contributed by atoms with Crippen molar-refractivity contribution in [2.75, 3.05) is 13.1 Å². The predicted octanol–water partition coefficient (Wildman–Crippen LogP) is 1.96. The van der Waals surface area contributed by atoms with Crippen molar-refractivity contribution in [3.05, 3.63) is 41.0 Å². The van der Waals surface area contributed by atoms with Gasteiger partial charge in [0.05, 0.1) is 12.2 Å². The highest BCUT2D eigenvalue weighted by molar-refractivity contribution is 6.45. The number of rotatable bonds is 2. The van der Waals surface area contributed by atoms with Crippen LogP contribution in [0.1, 0.15) is 16.7 Å². The standard InChI is InChI=1S/C13H16BN3O/c1-14(18)17-7-5-10-2-3-11(8-12(10)9-17)13-4-6-15-16-13/h2-4,8,18H,5-7,9H2,1H3. The molecular weight excluding hydrogens is 225 g/mol. The second kappa shape index (κ2) is 4.67. The molecule has 0 saturated heterocycles. The SMILES string of the molecule is CB(O)N1CCc2ccc(C3=CCN=N3)cc2C1. The molecule has 0 bridgehead atoms. The van der Waals surface area contributed by atoms with Crippen LogP contribution in [-0.2, 0) is 13.0 Å². The van der Waals surface area contributed by atoms with Crippen molar-refractivity contribution in [2.45, 2.75) is 19.8 Å². The third-order valence-corrected chi connectivity index (χ3v) is 3.62. The second-order valence-electron chi connectivity index (χ2n) is 4.85. The Morgan fingerprint density at radius 3 is 2.94 bits per heavy atom. The number of fused-ring (bicyclic) bond motifs is 1. The Kier molecular flexibility index (Phi) is 3.01. The summed E-state index contributed by atoms with van der Waals surface area (Å²) in [5, 5.41) is 17.8. The summed E-state index contributed by atoms with van der Waals surface area (Å²) in [6, 6.07) is 6.48. The van der Waals surface area contributed by atoms with Gasteiger partial charge in [-0.1, -0.05) is 12.1 Å². The van der Waals surface area contributed by atoms with E-state index in [0.29, 0.717) is 6.54 Å². The minimum atomic E-state index is -0.382. The zero-order valence-electron chi connectivity index (χ0n) is 10.5. The van der Waals surface area contributed by atoms with E-state index in [0.717, 1.165) is 30.8 Å². The van der Waals surface area contributed by atoms with Crippen molar-refractivity contribution in [1.82, 2.24) is 4.81 Å². The quantitative estimate of drug-likeness (QED) is 0.804. The van der Waals surface area contributed by atoms with Crippen LogP contribution in [-0.4, -0.2) is 30.0 Å². The molecule has 0 atom stereocenters. The molecule has 0 unspecified atom stereocenters. The Labute approximate surface area is 107 Å². The summed E-state index contributed by atoms with van der Waals surface area (Å²) in [5.74, 6) is 0. The minimum Gasteiger partial charge on any atom is -0.437 e. The number of nitrogens with zero attached hydrogens (tertiary/aromatic N) is 3. The summed E-state index contributed by atoms with van der Waals surface area (Å²) in [6.45, 7) is 4.24. The van der Waals surface area contributed by atoms with Crippen LogP contribution in [0.4, 0.5) is 0 Å². The largest absolute Gasteiger partial charge is 0.437 e. The third-order valence-electron chi connectivity index (χ3n) is 3.62. The molecule has 0 spiro atoms. The third kappa shape index (κ3) is 2.11. The summed E-state index contributed by atoms with van der Waals surface area (Å²) in [7, 11) is -0.382. The lowest BCUT2D eigenvalue weighted by atomic mass is 9.81. The van der Waals surface area contributed by atoms with E-state index in [1.165, 1.54) is 11.1 Å². The molecule has 2 heterocycles. The fourth-order valence-corrected chi connectivity index (χ4v) is 2.52. The van der Waals surface area contributed by atoms with Gasteiger partial charge in [0, 0.05) is 12.1 Å². The first-order chi connectivity index (χ1) is 8.74. The molecule has 4 nitrogen and oxygen atoms in total. The van der Waals surface area contributed by atoms with Crippen molar-refractivity contribution in [3.8, 4) is 0 Å². The van der Waals surface area contributed by atoms with Gasteiger partial charge in [0.25, 0.3) is 0 Å². The number of hydrogen-bond donors (Lipinski definition) is 1. The van der Waals surface area contributed by atoms with Crippen LogP contribution < -0.4 is 0 Å². The Hall–Kier alpha value is -1.46. The van der Waals surface area contributed by atoms with Crippen LogP contribution in [0.15, 0.2) is 34.5 Å². The van der Waals surface area contributed by atoms with Crippen LogP contribution in [0.2, 0.25) is 6.82 Å². The summed E-state index contributed by atoms with van der Waals surface area (Å²) in [4.78, 5) is 2.08. The molecule has 0 radical (unpaired) electrons. The van der Waals surface area contributed by atoms with E-state index in [1.54, 1.807) is 0 Å². The van der Waals surface area contributed by atoms with Gasteiger partial charge in [-0.15, -0.1) is 0 Å². The first-order valence-electron chi connectivity index (χ1n) is 6.36. The van der Waals surface area contributed by atoms with Crippen molar-refractivity contribution in [1.29, 1.82) is 0 Å². The predicted molar refractivity (Wildman–Crippen MR) is 72.1 cm³/mol. The van der Waals surface area contributed by atoms with Gasteiger partial charge in [-0.05, 0) is 43.1 Å². The molecule has 3 rings (SSSR count). The van der Waals surface area contributed by atoms with Gasteiger partial charge in [-0.25, -0.2) is 0 Å². The van der Waals surface area contributed by atoms with Gasteiger partial charge < -0.3 is 9.83 Å². The highest BCUT2D eigenvalue weighted by Crippen LogP contribution is 2.26. The molecule has 0 aromatic heterocycles. The van der Waals surface area contributed by atoms with Gasteiger partial charge in [0.15, 0.2) is 0 Å². The van der Waals surface area contributed by atoms with E-state index in [1.807, 2.05) is 12.9 Å². The molecule has 0 amide bonds. The maximum Gasteiger partial charge on any atom is 0.376 e. The number of azo groups is 1. The van der Waals surface area contributed by atoms with Crippen LogP contribution in [0.3, 0.4) is 0 Å². The zero-order valence-corrected chi connectivity index (χ0v) is 10.5. The van der Waals surface area contributed by atoms with Crippen molar-refractivity contribution < 1.29 is 5.02 Å². The van der Waals surface area contributed by atoms with E-state index in [9.17, 15) is 5.02 Å². The molecule has 5 heteroatoms. The lowest BCUT2D eigenvalue weighted by Gasteiger charge is -2.29. The average molecular weight is 241 g/mol. The summed E-state index contributed by atoms with van der Waals surface area (Å²) >= 11 is 0. The Bertz CT molecular complexity index is 525. The van der Waals surface area contributed by atoms with E-state index in [2.05, 4.69) is 33.2 Å². The van der Waals surface area contributed by atoms with Crippen LogP contribution in [0.25, 0.3) is 5.70 Å². The second-order valence-corrected chi connectivity index (χ2v) is 4.85. The fourth-order valence-electron chi connectivity index (χ4n) is 2.52. The Balaban J connectivity index is 1.90. The van der Waals surface area contributed by atoms with Gasteiger partial charge >= 0.3 is 7.05 Å². The minimum absolute atomic E-state index is 0.382. The highest BCUT2D eigenvalue weighted by Gasteiger charge is 2.22. The van der Waals surface area contributed by atoms with Crippen molar-refractivity contribution >= 4 is 12.7 Å². The molecule has 0 saturated carbocycles. The molecule has 1 aromatic rings. The Morgan fingerprint density at radius 2 is 2.22 bits per heavy atom. The Morgan fingerprint density at radius 1 is 1.33 bits per heavy atom. The molecule has 0 fully saturated rings. The maximum atomic E-state index is 9.66. The molecule has 2 aliphatic heterocycles. The lowest BCUT2D eigenvalue weighted by Crippen LogP contribution is -2.40.